The number of hydrogen-bond acceptors (Lipinski definition) is 6. The van der Waals surface area contributed by atoms with Crippen molar-refractivity contribution in [1.29, 1.82) is 0 Å². The molecule has 0 saturated carbocycles. The molecule has 1 aliphatic heterocycles. The van der Waals surface area contributed by atoms with Crippen molar-refractivity contribution in [3.8, 4) is 11.5 Å². The van der Waals surface area contributed by atoms with Crippen LogP contribution in [0.1, 0.15) is 24.3 Å². The monoisotopic (exact) mass is 403 g/mol. The van der Waals surface area contributed by atoms with Crippen molar-refractivity contribution >= 4 is 40.9 Å². The van der Waals surface area contributed by atoms with Gasteiger partial charge in [0, 0.05) is 0 Å². The molecule has 27 heavy (non-hydrogen) atoms. The molecular weight excluding hydrogens is 386 g/mol. The third kappa shape index (κ3) is 4.59. The predicted octanol–water partition coefficient (Wildman–Crippen LogP) is 5.10. The minimum Gasteiger partial charge on any atom is -0.490 e. The summed E-state index contributed by atoms with van der Waals surface area (Å²) in [6.07, 6.45) is 1.61. The van der Waals surface area contributed by atoms with Crippen LogP contribution >= 0.6 is 22.9 Å². The fraction of sp³-hybridized carbons (Fsp3) is 0.200. The van der Waals surface area contributed by atoms with Gasteiger partial charge in [-0.25, -0.2) is 9.79 Å². The number of hydrogen-bond donors (Lipinski definition) is 0. The third-order valence-corrected chi connectivity index (χ3v) is 4.59. The molecule has 0 radical (unpaired) electrons. The summed E-state index contributed by atoms with van der Waals surface area (Å²) < 4.78 is 16.6. The molecule has 0 aliphatic carbocycles. The maximum atomic E-state index is 12.1. The molecule has 7 heteroatoms. The van der Waals surface area contributed by atoms with E-state index in [0.717, 1.165) is 10.5 Å². The van der Waals surface area contributed by atoms with Crippen molar-refractivity contribution in [2.24, 2.45) is 4.99 Å². The van der Waals surface area contributed by atoms with E-state index in [-0.39, 0.29) is 5.70 Å². The minimum atomic E-state index is -0.505. The Morgan fingerprint density at radius 2 is 2.22 bits per heavy atom. The Morgan fingerprint density at radius 3 is 2.89 bits per heavy atom. The largest absolute Gasteiger partial charge is 0.490 e. The number of carbonyl (C=O) groups excluding carboxylic acids is 1. The molecular formula is C20H18ClNO4S. The summed E-state index contributed by atoms with van der Waals surface area (Å²) in [5.74, 6) is 0.737. The fourth-order valence-corrected chi connectivity index (χ4v) is 3.26. The topological polar surface area (TPSA) is 57.1 Å². The summed E-state index contributed by atoms with van der Waals surface area (Å²) in [6.45, 7) is 8.33. The van der Waals surface area contributed by atoms with Crippen LogP contribution in [0.25, 0.3) is 6.08 Å². The molecule has 2 aromatic rings. The number of halogens is 1. The van der Waals surface area contributed by atoms with E-state index in [1.807, 2.05) is 31.4 Å². The Morgan fingerprint density at radius 1 is 1.41 bits per heavy atom. The molecule has 0 bridgehead atoms. The van der Waals surface area contributed by atoms with Crippen molar-refractivity contribution < 1.29 is 19.0 Å². The summed E-state index contributed by atoms with van der Waals surface area (Å²) in [5.41, 5.74) is 1.73. The quantitative estimate of drug-likeness (QED) is 0.366. The molecule has 0 spiro atoms. The lowest BCUT2D eigenvalue weighted by Crippen LogP contribution is -2.04. The van der Waals surface area contributed by atoms with Crippen molar-refractivity contribution in [2.75, 3.05) is 13.2 Å². The first-order chi connectivity index (χ1) is 13.0. The van der Waals surface area contributed by atoms with Crippen LogP contribution in [0, 0.1) is 0 Å². The Hall–Kier alpha value is -2.57. The Kier molecular flexibility index (Phi) is 5.98. The average molecular weight is 404 g/mol. The van der Waals surface area contributed by atoms with Gasteiger partial charge in [0.15, 0.2) is 17.2 Å². The summed E-state index contributed by atoms with van der Waals surface area (Å²) in [6, 6.07) is 7.16. The lowest BCUT2D eigenvalue weighted by molar-refractivity contribution is -0.129. The number of thiophene rings is 1. The highest BCUT2D eigenvalue weighted by molar-refractivity contribution is 7.12. The van der Waals surface area contributed by atoms with Crippen molar-refractivity contribution in [2.45, 2.75) is 13.8 Å². The van der Waals surface area contributed by atoms with E-state index in [9.17, 15) is 4.79 Å². The summed E-state index contributed by atoms with van der Waals surface area (Å²) in [4.78, 5) is 17.2. The zero-order chi connectivity index (χ0) is 19.4. The number of aliphatic imine (C=N–C) groups is 1. The van der Waals surface area contributed by atoms with Crippen molar-refractivity contribution in [3.63, 3.8) is 0 Å². The molecule has 5 nitrogen and oxygen atoms in total. The molecule has 0 atom stereocenters. The van der Waals surface area contributed by atoms with E-state index in [2.05, 4.69) is 11.6 Å². The smallest absolute Gasteiger partial charge is 0.363 e. The lowest BCUT2D eigenvalue weighted by atomic mass is 10.1. The highest BCUT2D eigenvalue weighted by Crippen LogP contribution is 2.38. The molecule has 1 aromatic carbocycles. The maximum Gasteiger partial charge on any atom is 0.363 e. The number of ether oxygens (including phenoxy) is 3. The van der Waals surface area contributed by atoms with Gasteiger partial charge in [-0.05, 0) is 54.6 Å². The SMILES string of the molecule is C=C(C)COc1c(Cl)cc(/C=C2/N=C(c3cccs3)OC2=O)cc1OCC. The molecule has 1 aliphatic rings. The third-order valence-electron chi connectivity index (χ3n) is 3.45. The zero-order valence-electron chi connectivity index (χ0n) is 15.0. The number of cyclic esters (lactones) is 1. The van der Waals surface area contributed by atoms with Crippen molar-refractivity contribution in [3.05, 3.63) is 63.0 Å². The van der Waals surface area contributed by atoms with Gasteiger partial charge in [-0.15, -0.1) is 11.3 Å². The van der Waals surface area contributed by atoms with E-state index < -0.39 is 5.97 Å². The van der Waals surface area contributed by atoms with E-state index in [1.54, 1.807) is 18.2 Å². The van der Waals surface area contributed by atoms with Gasteiger partial charge in [-0.1, -0.05) is 24.2 Å². The lowest BCUT2D eigenvalue weighted by Gasteiger charge is -2.14. The highest BCUT2D eigenvalue weighted by Gasteiger charge is 2.25. The summed E-state index contributed by atoms with van der Waals surface area (Å²) in [7, 11) is 0. The Bertz CT molecular complexity index is 932. The minimum absolute atomic E-state index is 0.201. The first-order valence-electron chi connectivity index (χ1n) is 8.28. The van der Waals surface area contributed by atoms with Gasteiger partial charge < -0.3 is 14.2 Å². The van der Waals surface area contributed by atoms with Crippen LogP contribution in [0.4, 0.5) is 0 Å². The van der Waals surface area contributed by atoms with E-state index in [4.69, 9.17) is 25.8 Å². The second-order valence-electron chi connectivity index (χ2n) is 5.82. The van der Waals surface area contributed by atoms with Crippen LogP contribution in [0.5, 0.6) is 11.5 Å². The van der Waals surface area contributed by atoms with Crippen LogP contribution in [0.3, 0.4) is 0 Å². The van der Waals surface area contributed by atoms with Crippen LogP contribution < -0.4 is 9.47 Å². The first-order valence-corrected chi connectivity index (χ1v) is 9.53. The van der Waals surface area contributed by atoms with Crippen LogP contribution in [0.2, 0.25) is 5.02 Å². The summed E-state index contributed by atoms with van der Waals surface area (Å²) >= 11 is 7.82. The zero-order valence-corrected chi connectivity index (χ0v) is 16.5. The first kappa shape index (κ1) is 19.2. The van der Waals surface area contributed by atoms with E-state index >= 15 is 0 Å². The molecule has 140 valence electrons. The second-order valence-corrected chi connectivity index (χ2v) is 7.18. The highest BCUT2D eigenvalue weighted by atomic mass is 35.5. The van der Waals surface area contributed by atoms with Crippen molar-refractivity contribution in [1.82, 2.24) is 0 Å². The molecule has 0 fully saturated rings. The molecule has 0 amide bonds. The van der Waals surface area contributed by atoms with Crippen LogP contribution in [0.15, 0.2) is 52.5 Å². The Labute approximate surface area is 166 Å². The maximum absolute atomic E-state index is 12.1. The number of benzene rings is 1. The standard InChI is InChI=1S/C20H18ClNO4S/c1-4-24-16-10-13(8-14(21)18(16)25-11-12(2)3)9-15-20(23)26-19(22-15)17-6-5-7-27-17/h5-10H,2,4,11H2,1,3H3/b15-9+. The van der Waals surface area contributed by atoms with E-state index in [1.165, 1.54) is 11.3 Å². The molecule has 0 N–H and O–H groups in total. The van der Waals surface area contributed by atoms with Gasteiger partial charge in [0.05, 0.1) is 16.5 Å². The van der Waals surface area contributed by atoms with Crippen LogP contribution in [-0.4, -0.2) is 25.1 Å². The van der Waals surface area contributed by atoms with Gasteiger partial charge in [0.1, 0.15) is 6.61 Å². The van der Waals surface area contributed by atoms with E-state index in [0.29, 0.717) is 41.2 Å². The molecule has 3 rings (SSSR count). The average Bonchev–Trinajstić information content (AvgIpc) is 3.25. The molecule has 1 aromatic heterocycles. The molecule has 2 heterocycles. The van der Waals surface area contributed by atoms with Crippen LogP contribution in [-0.2, 0) is 9.53 Å². The number of nitrogens with zero attached hydrogens (tertiary/aromatic N) is 1. The molecule has 0 saturated heterocycles. The normalized spacial score (nSPS) is 14.9. The second kappa shape index (κ2) is 8.41. The van der Waals surface area contributed by atoms with Gasteiger partial charge in [-0.3, -0.25) is 0 Å². The number of rotatable bonds is 7. The van der Waals surface area contributed by atoms with Gasteiger partial charge in [-0.2, -0.15) is 0 Å². The number of esters is 1. The number of carbonyl (C=O) groups is 1. The Balaban J connectivity index is 1.93. The van der Waals surface area contributed by atoms with Gasteiger partial charge in [0.2, 0.25) is 5.90 Å². The van der Waals surface area contributed by atoms with Gasteiger partial charge >= 0.3 is 5.97 Å². The fourth-order valence-electron chi connectivity index (χ4n) is 2.34. The predicted molar refractivity (Wildman–Crippen MR) is 108 cm³/mol. The summed E-state index contributed by atoms with van der Waals surface area (Å²) in [5, 5.41) is 2.27. The molecule has 0 unspecified atom stereocenters. The van der Waals surface area contributed by atoms with Gasteiger partial charge in [0.25, 0.3) is 0 Å².